The lowest BCUT2D eigenvalue weighted by Gasteiger charge is -2.40. The molecule has 0 saturated carbocycles. The minimum atomic E-state index is -1.55. The summed E-state index contributed by atoms with van der Waals surface area (Å²) in [5, 5.41) is 55.1. The highest BCUT2D eigenvalue weighted by Gasteiger charge is 2.44. The monoisotopic (exact) mass is 1280 g/mol. The Bertz CT molecular complexity index is 1390. The van der Waals surface area contributed by atoms with Crippen molar-refractivity contribution in [3.05, 3.63) is 0 Å². The zero-order valence-corrected chi connectivity index (χ0v) is 60.7. The maximum Gasteiger partial charge on any atom is 0.220 e. The Morgan fingerprint density at radius 2 is 0.556 bits per heavy atom. The van der Waals surface area contributed by atoms with Crippen LogP contribution in [0.15, 0.2) is 0 Å². The quantitative estimate of drug-likeness (QED) is 0.0330. The Morgan fingerprint density at radius 1 is 0.333 bits per heavy atom. The van der Waals surface area contributed by atoms with Gasteiger partial charge in [0.15, 0.2) is 6.29 Å². The predicted octanol–water partition coefficient (Wildman–Crippen LogP) is 23.6. The number of carbonyl (C=O) groups is 1. The fourth-order valence-electron chi connectivity index (χ4n) is 14.1. The summed E-state index contributed by atoms with van der Waals surface area (Å²) in [6.07, 6.45) is 85.2. The van der Waals surface area contributed by atoms with E-state index in [0.29, 0.717) is 12.8 Å². The molecule has 1 rings (SSSR count). The zero-order valence-electron chi connectivity index (χ0n) is 60.7. The minimum absolute atomic E-state index is 0.130. The van der Waals surface area contributed by atoms with E-state index in [9.17, 15) is 30.3 Å². The van der Waals surface area contributed by atoms with Crippen molar-refractivity contribution in [2.75, 3.05) is 13.2 Å². The van der Waals surface area contributed by atoms with Gasteiger partial charge in [0, 0.05) is 6.42 Å². The van der Waals surface area contributed by atoms with E-state index in [0.717, 1.165) is 38.5 Å². The molecule has 0 spiro atoms. The van der Waals surface area contributed by atoms with Crippen LogP contribution in [-0.2, 0) is 14.3 Å². The predicted molar refractivity (Wildman–Crippen MR) is 388 cm³/mol. The number of unbranched alkanes of at least 4 members (excludes halogenated alkanes) is 65. The lowest BCUT2D eigenvalue weighted by molar-refractivity contribution is -0.302. The van der Waals surface area contributed by atoms with Crippen LogP contribution in [0.5, 0.6) is 0 Å². The molecule has 9 nitrogen and oxygen atoms in total. The summed E-state index contributed by atoms with van der Waals surface area (Å²) in [4.78, 5) is 13.2. The second-order valence-electron chi connectivity index (χ2n) is 29.3. The minimum Gasteiger partial charge on any atom is -0.394 e. The number of hydrogen-bond acceptors (Lipinski definition) is 8. The van der Waals surface area contributed by atoms with Crippen molar-refractivity contribution < 1.29 is 39.8 Å². The smallest absolute Gasteiger partial charge is 0.220 e. The third-order valence-electron chi connectivity index (χ3n) is 20.5. The van der Waals surface area contributed by atoms with Gasteiger partial charge >= 0.3 is 0 Å². The SMILES string of the molecule is CCCCCCCCCCCCCCCCCCCCCCCCCCCCCCCCCCCCCCC(=O)NC(COC1OC(CO)C(O)C(O)C1O)C(O)CCCCCCCCCCCCCCCCCCCCCCCCCCCCCCCCC. The van der Waals surface area contributed by atoms with E-state index in [1.807, 2.05) is 0 Å². The van der Waals surface area contributed by atoms with Gasteiger partial charge in [-0.25, -0.2) is 0 Å². The highest BCUT2D eigenvalue weighted by atomic mass is 16.7. The van der Waals surface area contributed by atoms with E-state index in [4.69, 9.17) is 9.47 Å². The van der Waals surface area contributed by atoms with Crippen LogP contribution in [0.3, 0.4) is 0 Å². The molecule has 7 atom stereocenters. The van der Waals surface area contributed by atoms with Crippen LogP contribution >= 0.6 is 0 Å². The first-order valence-electron chi connectivity index (χ1n) is 41.2. The molecule has 9 heteroatoms. The topological polar surface area (TPSA) is 149 Å². The molecule has 0 aromatic carbocycles. The molecule has 1 heterocycles. The third-order valence-corrected chi connectivity index (χ3v) is 20.5. The number of carbonyl (C=O) groups excluding carboxylic acids is 1. The normalized spacial score (nSPS) is 17.6. The summed E-state index contributed by atoms with van der Waals surface area (Å²) >= 11 is 0. The van der Waals surface area contributed by atoms with E-state index < -0.39 is 49.5 Å². The van der Waals surface area contributed by atoms with Crippen LogP contribution in [0.25, 0.3) is 0 Å². The molecule has 1 amide bonds. The van der Waals surface area contributed by atoms with Crippen molar-refractivity contribution in [1.29, 1.82) is 0 Å². The van der Waals surface area contributed by atoms with Gasteiger partial charge < -0.3 is 40.3 Å². The maximum atomic E-state index is 13.2. The number of hydrogen-bond donors (Lipinski definition) is 6. The van der Waals surface area contributed by atoms with Gasteiger partial charge in [-0.3, -0.25) is 4.79 Å². The zero-order chi connectivity index (χ0) is 64.9. The number of ether oxygens (including phenoxy) is 2. The Kier molecular flexibility index (Phi) is 68.8. The van der Waals surface area contributed by atoms with Crippen LogP contribution in [0.2, 0.25) is 0 Å². The summed E-state index contributed by atoms with van der Waals surface area (Å²) < 4.78 is 11.4. The lowest BCUT2D eigenvalue weighted by atomic mass is 9.99. The van der Waals surface area contributed by atoms with Crippen LogP contribution in [0.4, 0.5) is 0 Å². The van der Waals surface area contributed by atoms with Gasteiger partial charge in [0.1, 0.15) is 24.4 Å². The van der Waals surface area contributed by atoms with E-state index in [1.54, 1.807) is 0 Å². The number of rotatable bonds is 75. The van der Waals surface area contributed by atoms with Crippen molar-refractivity contribution in [3.8, 4) is 0 Å². The molecule has 0 aromatic rings. The van der Waals surface area contributed by atoms with Crippen LogP contribution in [0, 0.1) is 0 Å². The Hall–Kier alpha value is -0.810. The van der Waals surface area contributed by atoms with Crippen molar-refractivity contribution >= 4 is 5.91 Å². The van der Waals surface area contributed by atoms with Gasteiger partial charge in [-0.2, -0.15) is 0 Å². The summed E-state index contributed by atoms with van der Waals surface area (Å²) in [6.45, 7) is 3.92. The molecule has 0 bridgehead atoms. The molecular weight excluding hydrogens is 1110 g/mol. The highest BCUT2D eigenvalue weighted by Crippen LogP contribution is 2.25. The molecule has 1 saturated heterocycles. The number of nitrogens with one attached hydrogen (secondary N) is 1. The average Bonchev–Trinajstić information content (AvgIpc) is 1.28. The summed E-state index contributed by atoms with van der Waals surface area (Å²) in [6, 6.07) is -0.716. The van der Waals surface area contributed by atoms with Gasteiger partial charge in [0.05, 0.1) is 25.4 Å². The van der Waals surface area contributed by atoms with E-state index >= 15 is 0 Å². The van der Waals surface area contributed by atoms with E-state index in [1.165, 1.54) is 392 Å². The Labute approximate surface area is 561 Å². The number of aliphatic hydroxyl groups is 5. The van der Waals surface area contributed by atoms with Crippen molar-refractivity contribution in [1.82, 2.24) is 5.32 Å². The fourth-order valence-corrected chi connectivity index (χ4v) is 14.1. The maximum absolute atomic E-state index is 13.2. The number of aliphatic hydroxyl groups excluding tert-OH is 5. The van der Waals surface area contributed by atoms with Crippen molar-refractivity contribution in [2.45, 2.75) is 500 Å². The summed E-state index contributed by atoms with van der Waals surface area (Å²) in [7, 11) is 0. The number of amides is 1. The first kappa shape index (κ1) is 87.2. The molecule has 538 valence electrons. The van der Waals surface area contributed by atoms with Gasteiger partial charge in [-0.1, -0.05) is 438 Å². The Morgan fingerprint density at radius 3 is 0.789 bits per heavy atom. The van der Waals surface area contributed by atoms with Crippen molar-refractivity contribution in [2.24, 2.45) is 0 Å². The first-order chi connectivity index (χ1) is 44.3. The van der Waals surface area contributed by atoms with Gasteiger partial charge in [0.2, 0.25) is 5.91 Å². The molecule has 1 aliphatic heterocycles. The summed E-state index contributed by atoms with van der Waals surface area (Å²) in [5.41, 5.74) is 0. The molecule has 0 aromatic heterocycles. The molecule has 0 radical (unpaired) electrons. The van der Waals surface area contributed by atoms with Gasteiger partial charge in [-0.15, -0.1) is 0 Å². The van der Waals surface area contributed by atoms with Gasteiger partial charge in [0.25, 0.3) is 0 Å². The highest BCUT2D eigenvalue weighted by molar-refractivity contribution is 5.76. The molecule has 6 N–H and O–H groups in total. The first-order valence-corrected chi connectivity index (χ1v) is 41.2. The van der Waals surface area contributed by atoms with E-state index in [2.05, 4.69) is 19.2 Å². The van der Waals surface area contributed by atoms with Crippen LogP contribution < -0.4 is 5.32 Å². The fraction of sp³-hybridized carbons (Fsp3) is 0.988. The molecule has 7 unspecified atom stereocenters. The third kappa shape index (κ3) is 58.5. The molecule has 0 aliphatic carbocycles. The van der Waals surface area contributed by atoms with Crippen molar-refractivity contribution in [3.63, 3.8) is 0 Å². The van der Waals surface area contributed by atoms with Gasteiger partial charge in [-0.05, 0) is 12.8 Å². The molecule has 1 aliphatic rings. The average molecular weight is 1280 g/mol. The standard InChI is InChI=1S/C81H161NO8/c1-3-5-7-9-11-13-15-17-19-21-23-25-27-29-31-33-35-36-37-38-39-41-43-45-47-49-51-53-55-57-59-61-63-65-67-69-71-77(85)82-74(73-89-81-80(88)79(87)78(86)76(72-83)90-81)75(84)70-68-66-64-62-60-58-56-54-52-50-48-46-44-42-40-34-32-30-28-26-24-22-20-18-16-14-12-10-8-6-4-2/h74-76,78-81,83-84,86-88H,3-73H2,1-2H3,(H,82,85). The second-order valence-corrected chi connectivity index (χ2v) is 29.3. The summed E-state index contributed by atoms with van der Waals surface area (Å²) in [5.74, 6) is -0.131. The van der Waals surface area contributed by atoms with Crippen LogP contribution in [0.1, 0.15) is 457 Å². The van der Waals surface area contributed by atoms with Crippen LogP contribution in [-0.4, -0.2) is 87.5 Å². The van der Waals surface area contributed by atoms with E-state index in [-0.39, 0.29) is 12.5 Å². The molecular formula is C81H161NO8. The second kappa shape index (κ2) is 71.0. The Balaban J connectivity index is 2.02. The lowest BCUT2D eigenvalue weighted by Crippen LogP contribution is -2.60. The largest absolute Gasteiger partial charge is 0.394 e. The molecule has 1 fully saturated rings. The molecule has 90 heavy (non-hydrogen) atoms.